The van der Waals surface area contributed by atoms with Crippen LogP contribution in [0.25, 0.3) is 10.8 Å². The van der Waals surface area contributed by atoms with E-state index < -0.39 is 5.91 Å². The van der Waals surface area contributed by atoms with E-state index in [4.69, 9.17) is 14.2 Å². The molecule has 0 radical (unpaired) electrons. The van der Waals surface area contributed by atoms with E-state index in [-0.39, 0.29) is 6.61 Å². The third-order valence-corrected chi connectivity index (χ3v) is 5.20. The highest BCUT2D eigenvalue weighted by atomic mass is 79.9. The zero-order chi connectivity index (χ0) is 21.5. The number of ether oxygens (including phenoxy) is 3. The van der Waals surface area contributed by atoms with Crippen molar-refractivity contribution >= 4 is 54.8 Å². The van der Waals surface area contributed by atoms with Gasteiger partial charge in [0.1, 0.15) is 5.75 Å². The van der Waals surface area contributed by atoms with E-state index in [2.05, 4.69) is 42.4 Å². The summed E-state index contributed by atoms with van der Waals surface area (Å²) in [4.78, 5) is 12.2. The zero-order valence-electron chi connectivity index (χ0n) is 16.4. The van der Waals surface area contributed by atoms with Crippen molar-refractivity contribution in [1.82, 2.24) is 5.43 Å². The van der Waals surface area contributed by atoms with Crippen LogP contribution in [0.3, 0.4) is 0 Å². The number of methoxy groups -OCH3 is 1. The van der Waals surface area contributed by atoms with Crippen LogP contribution in [-0.4, -0.2) is 32.4 Å². The lowest BCUT2D eigenvalue weighted by atomic mass is 10.0. The van der Waals surface area contributed by atoms with Gasteiger partial charge in [-0.3, -0.25) is 4.79 Å². The molecule has 0 fully saturated rings. The smallest absolute Gasteiger partial charge is 0.277 e. The Bertz CT molecular complexity index is 1090. The first-order valence-electron chi connectivity index (χ1n) is 9.15. The first-order chi connectivity index (χ1) is 14.5. The standard InChI is InChI=1S/C22H20Br2N2O4/c1-3-29-19-9-8-14-6-4-5-7-16(14)17(19)12-25-26-21(27)13-30-22-18(24)10-15(23)11-20(22)28-2/h4-12H,3,13H2,1-2H3,(H,26,27)/b25-12-. The third-order valence-electron chi connectivity index (χ3n) is 4.16. The molecule has 0 aliphatic heterocycles. The Balaban J connectivity index is 1.70. The van der Waals surface area contributed by atoms with Crippen LogP contribution >= 0.6 is 31.9 Å². The maximum atomic E-state index is 12.2. The number of hydrogen-bond acceptors (Lipinski definition) is 5. The average Bonchev–Trinajstić information content (AvgIpc) is 2.74. The highest BCUT2D eigenvalue weighted by Crippen LogP contribution is 2.38. The second-order valence-corrected chi connectivity index (χ2v) is 7.90. The van der Waals surface area contributed by atoms with E-state index in [0.717, 1.165) is 20.8 Å². The van der Waals surface area contributed by atoms with Crippen molar-refractivity contribution < 1.29 is 19.0 Å². The molecule has 0 saturated heterocycles. The van der Waals surface area contributed by atoms with Crippen LogP contribution in [0, 0.1) is 0 Å². The van der Waals surface area contributed by atoms with Crippen molar-refractivity contribution in [3.63, 3.8) is 0 Å². The van der Waals surface area contributed by atoms with Gasteiger partial charge in [-0.05, 0) is 51.8 Å². The molecule has 1 amide bonds. The molecular formula is C22H20Br2N2O4. The van der Waals surface area contributed by atoms with Gasteiger partial charge < -0.3 is 14.2 Å². The molecule has 0 aliphatic rings. The number of halogens is 2. The van der Waals surface area contributed by atoms with Crippen LogP contribution in [0.5, 0.6) is 17.2 Å². The molecule has 3 aromatic rings. The van der Waals surface area contributed by atoms with Gasteiger partial charge in [-0.15, -0.1) is 0 Å². The fourth-order valence-corrected chi connectivity index (χ4v) is 4.16. The topological polar surface area (TPSA) is 69.2 Å². The fraction of sp³-hybridized carbons (Fsp3) is 0.182. The zero-order valence-corrected chi connectivity index (χ0v) is 19.6. The van der Waals surface area contributed by atoms with E-state index in [1.807, 2.05) is 49.4 Å². The molecule has 6 nitrogen and oxygen atoms in total. The minimum atomic E-state index is -0.402. The van der Waals surface area contributed by atoms with Crippen molar-refractivity contribution in [1.29, 1.82) is 0 Å². The van der Waals surface area contributed by atoms with Gasteiger partial charge in [0.25, 0.3) is 5.91 Å². The Hall–Kier alpha value is -2.58. The number of hydrogen-bond donors (Lipinski definition) is 1. The molecule has 0 aliphatic carbocycles. The van der Waals surface area contributed by atoms with Crippen molar-refractivity contribution in [2.24, 2.45) is 5.10 Å². The summed E-state index contributed by atoms with van der Waals surface area (Å²) in [6.07, 6.45) is 1.58. The summed E-state index contributed by atoms with van der Waals surface area (Å²) in [5.41, 5.74) is 3.29. The lowest BCUT2D eigenvalue weighted by Gasteiger charge is -2.12. The Labute approximate surface area is 191 Å². The summed E-state index contributed by atoms with van der Waals surface area (Å²) in [5, 5.41) is 6.14. The molecule has 3 rings (SSSR count). The first-order valence-corrected chi connectivity index (χ1v) is 10.7. The summed E-state index contributed by atoms with van der Waals surface area (Å²) < 4.78 is 18.1. The van der Waals surface area contributed by atoms with Crippen LogP contribution in [-0.2, 0) is 4.79 Å². The van der Waals surface area contributed by atoms with Gasteiger partial charge in [-0.1, -0.05) is 46.3 Å². The number of amides is 1. The number of hydrazone groups is 1. The molecule has 0 atom stereocenters. The molecular weight excluding hydrogens is 516 g/mol. The first kappa shape index (κ1) is 22.1. The molecule has 156 valence electrons. The summed E-state index contributed by atoms with van der Waals surface area (Å²) >= 11 is 6.79. The minimum Gasteiger partial charge on any atom is -0.493 e. The SMILES string of the molecule is CCOc1ccc2ccccc2c1/C=N\NC(=O)COc1c(Br)cc(Br)cc1OC. The highest BCUT2D eigenvalue weighted by Gasteiger charge is 2.13. The van der Waals surface area contributed by atoms with E-state index in [0.29, 0.717) is 28.3 Å². The number of fused-ring (bicyclic) bond motifs is 1. The van der Waals surface area contributed by atoms with Gasteiger partial charge in [0.2, 0.25) is 0 Å². The molecule has 0 heterocycles. The van der Waals surface area contributed by atoms with Crippen LogP contribution in [0.1, 0.15) is 12.5 Å². The highest BCUT2D eigenvalue weighted by molar-refractivity contribution is 9.11. The summed E-state index contributed by atoms with van der Waals surface area (Å²) in [7, 11) is 1.53. The number of carbonyl (C=O) groups excluding carboxylic acids is 1. The number of rotatable bonds is 8. The largest absolute Gasteiger partial charge is 0.493 e. The molecule has 0 unspecified atom stereocenters. The normalized spacial score (nSPS) is 10.9. The quantitative estimate of drug-likeness (QED) is 0.314. The second kappa shape index (κ2) is 10.4. The molecule has 30 heavy (non-hydrogen) atoms. The van der Waals surface area contributed by atoms with E-state index in [1.165, 1.54) is 7.11 Å². The summed E-state index contributed by atoms with van der Waals surface area (Å²) in [5.74, 6) is 1.24. The van der Waals surface area contributed by atoms with E-state index in [9.17, 15) is 4.79 Å². The molecule has 3 aromatic carbocycles. The monoisotopic (exact) mass is 534 g/mol. The Morgan fingerprint density at radius 3 is 2.67 bits per heavy atom. The Kier molecular flexibility index (Phi) is 7.70. The van der Waals surface area contributed by atoms with Gasteiger partial charge >= 0.3 is 0 Å². The van der Waals surface area contributed by atoms with Gasteiger partial charge in [0.15, 0.2) is 18.1 Å². The van der Waals surface area contributed by atoms with E-state index in [1.54, 1.807) is 12.3 Å². The third kappa shape index (κ3) is 5.31. The minimum absolute atomic E-state index is 0.220. The molecule has 1 N–H and O–H groups in total. The van der Waals surface area contributed by atoms with Gasteiger partial charge in [0, 0.05) is 10.0 Å². The van der Waals surface area contributed by atoms with Gasteiger partial charge in [-0.2, -0.15) is 5.10 Å². The molecule has 0 aromatic heterocycles. The predicted octanol–water partition coefficient (Wildman–Crippen LogP) is 5.30. The lowest BCUT2D eigenvalue weighted by molar-refractivity contribution is -0.123. The number of nitrogens with zero attached hydrogens (tertiary/aromatic N) is 1. The van der Waals surface area contributed by atoms with Gasteiger partial charge in [-0.25, -0.2) is 5.43 Å². The van der Waals surface area contributed by atoms with Crippen LogP contribution in [0.15, 0.2) is 62.6 Å². The molecule has 0 saturated carbocycles. The van der Waals surface area contributed by atoms with Crippen LogP contribution in [0.2, 0.25) is 0 Å². The maximum Gasteiger partial charge on any atom is 0.277 e. The number of carbonyl (C=O) groups is 1. The predicted molar refractivity (Wildman–Crippen MR) is 125 cm³/mol. The van der Waals surface area contributed by atoms with E-state index >= 15 is 0 Å². The molecule has 0 spiro atoms. The van der Waals surface area contributed by atoms with Crippen molar-refractivity contribution in [2.75, 3.05) is 20.3 Å². The summed E-state index contributed by atoms with van der Waals surface area (Å²) in [6, 6.07) is 15.4. The van der Waals surface area contributed by atoms with Crippen LogP contribution in [0.4, 0.5) is 0 Å². The Morgan fingerprint density at radius 1 is 1.10 bits per heavy atom. The lowest BCUT2D eigenvalue weighted by Crippen LogP contribution is -2.24. The Morgan fingerprint density at radius 2 is 1.90 bits per heavy atom. The van der Waals surface area contributed by atoms with Crippen LogP contribution < -0.4 is 19.6 Å². The number of benzene rings is 3. The van der Waals surface area contributed by atoms with Crippen molar-refractivity contribution in [3.05, 3.63) is 63.0 Å². The molecule has 0 bridgehead atoms. The maximum absolute atomic E-state index is 12.2. The number of nitrogens with one attached hydrogen (secondary N) is 1. The van der Waals surface area contributed by atoms with Gasteiger partial charge in [0.05, 0.1) is 24.4 Å². The fourth-order valence-electron chi connectivity index (χ4n) is 2.86. The summed E-state index contributed by atoms with van der Waals surface area (Å²) in [6.45, 7) is 2.23. The average molecular weight is 536 g/mol. The molecule has 8 heteroatoms. The second-order valence-electron chi connectivity index (χ2n) is 6.13. The van der Waals surface area contributed by atoms with Crippen molar-refractivity contribution in [2.45, 2.75) is 6.92 Å². The van der Waals surface area contributed by atoms with Crippen molar-refractivity contribution in [3.8, 4) is 17.2 Å².